The first-order valence-electron chi connectivity index (χ1n) is 12.9. The summed E-state index contributed by atoms with van der Waals surface area (Å²) < 4.78 is 5.48. The summed E-state index contributed by atoms with van der Waals surface area (Å²) in [5, 5.41) is 6.90. The summed E-state index contributed by atoms with van der Waals surface area (Å²) in [6.07, 6.45) is 5.98. The highest BCUT2D eigenvalue weighted by molar-refractivity contribution is 7.16. The van der Waals surface area contributed by atoms with Crippen molar-refractivity contribution in [1.82, 2.24) is 19.8 Å². The largest absolute Gasteiger partial charge is 0.379 e. The Kier molecular flexibility index (Phi) is 8.06. The highest BCUT2D eigenvalue weighted by Gasteiger charge is 2.25. The number of morpholine rings is 1. The number of anilines is 1. The number of hydrogen-bond donors (Lipinski definition) is 1. The third kappa shape index (κ3) is 5.77. The standard InChI is InChI=1S/C27H37N5OS/c1-2-11-32(23-18-21-7-3-4-8-22(21)19-23)12-6-5-10-28-26-24-9-17-34-27(24)30-25(29-26)20-31-13-15-33-16-14-31/h3-4,7-9,17,23H,2,5-6,10-16,18-20H2,1H3,(H,28,29,30). The predicted molar refractivity (Wildman–Crippen MR) is 141 cm³/mol. The van der Waals surface area contributed by atoms with E-state index in [1.807, 2.05) is 0 Å². The molecular formula is C27H37N5OS. The number of thiophene rings is 1. The van der Waals surface area contributed by atoms with E-state index in [2.05, 4.69) is 57.8 Å². The van der Waals surface area contributed by atoms with Crippen LogP contribution in [0.25, 0.3) is 10.2 Å². The van der Waals surface area contributed by atoms with Crippen LogP contribution in [-0.4, -0.2) is 71.7 Å². The Bertz CT molecular complexity index is 1040. The first-order chi connectivity index (χ1) is 16.8. The van der Waals surface area contributed by atoms with Crippen molar-refractivity contribution >= 4 is 27.4 Å². The fraction of sp³-hybridized carbons (Fsp3) is 0.556. The molecule has 2 aromatic heterocycles. The van der Waals surface area contributed by atoms with Crippen molar-refractivity contribution in [2.45, 2.75) is 51.6 Å². The number of unbranched alkanes of at least 4 members (excludes halogenated alkanes) is 1. The normalized spacial score (nSPS) is 17.0. The Labute approximate surface area is 207 Å². The van der Waals surface area contributed by atoms with Crippen molar-refractivity contribution in [2.24, 2.45) is 0 Å². The molecule has 0 radical (unpaired) electrons. The molecule has 1 saturated heterocycles. The Morgan fingerprint density at radius 2 is 1.85 bits per heavy atom. The van der Waals surface area contributed by atoms with Gasteiger partial charge in [0, 0.05) is 25.7 Å². The second-order valence-electron chi connectivity index (χ2n) is 9.52. The monoisotopic (exact) mass is 479 g/mol. The van der Waals surface area contributed by atoms with Crippen LogP contribution in [0.4, 0.5) is 5.82 Å². The first kappa shape index (κ1) is 23.7. The van der Waals surface area contributed by atoms with Crippen LogP contribution in [0, 0.1) is 0 Å². The molecule has 0 saturated carbocycles. The Morgan fingerprint density at radius 1 is 1.06 bits per heavy atom. The van der Waals surface area contributed by atoms with Gasteiger partial charge in [0.2, 0.25) is 0 Å². The molecule has 1 aliphatic heterocycles. The molecule has 0 amide bonds. The second-order valence-corrected chi connectivity index (χ2v) is 10.4. The summed E-state index contributed by atoms with van der Waals surface area (Å²) in [6.45, 7) is 9.91. The van der Waals surface area contributed by atoms with Gasteiger partial charge in [-0.2, -0.15) is 0 Å². The van der Waals surface area contributed by atoms with E-state index in [1.54, 1.807) is 22.5 Å². The van der Waals surface area contributed by atoms with E-state index in [0.717, 1.165) is 67.7 Å². The van der Waals surface area contributed by atoms with E-state index in [0.29, 0.717) is 6.04 Å². The molecule has 7 heteroatoms. The minimum atomic E-state index is 0.667. The average molecular weight is 480 g/mol. The molecule has 5 rings (SSSR count). The molecule has 34 heavy (non-hydrogen) atoms. The van der Waals surface area contributed by atoms with Gasteiger partial charge in [-0.1, -0.05) is 31.2 Å². The molecule has 1 fully saturated rings. The van der Waals surface area contributed by atoms with E-state index in [-0.39, 0.29) is 0 Å². The molecule has 2 aliphatic rings. The maximum absolute atomic E-state index is 5.48. The van der Waals surface area contributed by atoms with Crippen LogP contribution in [0.5, 0.6) is 0 Å². The zero-order chi connectivity index (χ0) is 23.2. The van der Waals surface area contributed by atoms with Gasteiger partial charge in [-0.05, 0) is 67.8 Å². The number of rotatable bonds is 11. The van der Waals surface area contributed by atoms with Crippen LogP contribution in [-0.2, 0) is 24.1 Å². The van der Waals surface area contributed by atoms with Crippen molar-refractivity contribution in [3.8, 4) is 0 Å². The molecule has 1 aromatic carbocycles. The average Bonchev–Trinajstić information content (AvgIpc) is 3.51. The van der Waals surface area contributed by atoms with Gasteiger partial charge in [0.05, 0.1) is 25.1 Å². The van der Waals surface area contributed by atoms with Crippen molar-refractivity contribution in [3.05, 3.63) is 52.7 Å². The van der Waals surface area contributed by atoms with Crippen molar-refractivity contribution in [2.75, 3.05) is 51.3 Å². The summed E-state index contributed by atoms with van der Waals surface area (Å²) in [5.74, 6) is 1.90. The van der Waals surface area contributed by atoms with Crippen LogP contribution in [0.1, 0.15) is 43.1 Å². The van der Waals surface area contributed by atoms with Gasteiger partial charge in [0.15, 0.2) is 0 Å². The highest BCUT2D eigenvalue weighted by Crippen LogP contribution is 2.27. The van der Waals surface area contributed by atoms with Crippen LogP contribution in [0.3, 0.4) is 0 Å². The number of fused-ring (bicyclic) bond motifs is 2. The van der Waals surface area contributed by atoms with Gasteiger partial charge in [0.25, 0.3) is 0 Å². The SMILES string of the molecule is CCCN(CCCCNc1nc(CN2CCOCC2)nc2sccc12)C1Cc2ccccc2C1. The lowest BCUT2D eigenvalue weighted by Crippen LogP contribution is -2.37. The lowest BCUT2D eigenvalue weighted by Gasteiger charge is -2.28. The van der Waals surface area contributed by atoms with Crippen molar-refractivity contribution in [1.29, 1.82) is 0 Å². The summed E-state index contributed by atoms with van der Waals surface area (Å²) in [7, 11) is 0. The topological polar surface area (TPSA) is 53.5 Å². The zero-order valence-electron chi connectivity index (χ0n) is 20.3. The Morgan fingerprint density at radius 3 is 2.62 bits per heavy atom. The number of aromatic nitrogens is 2. The smallest absolute Gasteiger partial charge is 0.146 e. The van der Waals surface area contributed by atoms with E-state index < -0.39 is 0 Å². The lowest BCUT2D eigenvalue weighted by atomic mass is 10.1. The second kappa shape index (κ2) is 11.6. The molecule has 0 atom stereocenters. The third-order valence-electron chi connectivity index (χ3n) is 7.06. The lowest BCUT2D eigenvalue weighted by molar-refractivity contribution is 0.0331. The Hall–Kier alpha value is -2.06. The van der Waals surface area contributed by atoms with Crippen molar-refractivity contribution < 1.29 is 4.74 Å². The van der Waals surface area contributed by atoms with Crippen LogP contribution >= 0.6 is 11.3 Å². The number of nitrogens with zero attached hydrogens (tertiary/aromatic N) is 4. The first-order valence-corrected chi connectivity index (χ1v) is 13.8. The molecule has 1 N–H and O–H groups in total. The number of benzene rings is 1. The number of ether oxygens (including phenoxy) is 1. The minimum absolute atomic E-state index is 0.667. The molecule has 0 spiro atoms. The molecule has 182 valence electrons. The van der Waals surface area contributed by atoms with Gasteiger partial charge < -0.3 is 10.1 Å². The fourth-order valence-corrected chi connectivity index (χ4v) is 6.05. The maximum atomic E-state index is 5.48. The van der Waals surface area contributed by atoms with Gasteiger partial charge in [-0.3, -0.25) is 9.80 Å². The summed E-state index contributed by atoms with van der Waals surface area (Å²) >= 11 is 1.70. The quantitative estimate of drug-likeness (QED) is 0.406. The molecule has 3 heterocycles. The molecular weight excluding hydrogens is 442 g/mol. The number of hydrogen-bond acceptors (Lipinski definition) is 7. The molecule has 0 bridgehead atoms. The van der Waals surface area contributed by atoms with E-state index in [9.17, 15) is 0 Å². The highest BCUT2D eigenvalue weighted by atomic mass is 32.1. The third-order valence-corrected chi connectivity index (χ3v) is 7.87. The maximum Gasteiger partial charge on any atom is 0.146 e. The minimum Gasteiger partial charge on any atom is -0.379 e. The molecule has 1 aliphatic carbocycles. The summed E-state index contributed by atoms with van der Waals surface area (Å²) in [5.41, 5.74) is 3.10. The fourth-order valence-electron chi connectivity index (χ4n) is 5.27. The zero-order valence-corrected chi connectivity index (χ0v) is 21.2. The number of nitrogens with one attached hydrogen (secondary N) is 1. The van der Waals surface area contributed by atoms with Crippen LogP contribution in [0.15, 0.2) is 35.7 Å². The molecule has 6 nitrogen and oxygen atoms in total. The Balaban J connectivity index is 1.13. The van der Waals surface area contributed by atoms with E-state index in [1.165, 1.54) is 38.8 Å². The van der Waals surface area contributed by atoms with Gasteiger partial charge in [0.1, 0.15) is 16.5 Å². The van der Waals surface area contributed by atoms with Gasteiger partial charge in [-0.15, -0.1) is 11.3 Å². The summed E-state index contributed by atoms with van der Waals surface area (Å²) in [6, 6.07) is 11.8. The van der Waals surface area contributed by atoms with E-state index in [4.69, 9.17) is 14.7 Å². The van der Waals surface area contributed by atoms with Crippen LogP contribution < -0.4 is 5.32 Å². The van der Waals surface area contributed by atoms with E-state index >= 15 is 0 Å². The summed E-state index contributed by atoms with van der Waals surface area (Å²) in [4.78, 5) is 15.9. The molecule has 3 aromatic rings. The van der Waals surface area contributed by atoms with Gasteiger partial charge in [-0.25, -0.2) is 9.97 Å². The van der Waals surface area contributed by atoms with Gasteiger partial charge >= 0.3 is 0 Å². The predicted octanol–water partition coefficient (Wildman–Crippen LogP) is 4.60. The van der Waals surface area contributed by atoms with Crippen molar-refractivity contribution in [3.63, 3.8) is 0 Å². The molecule has 0 unspecified atom stereocenters. The van der Waals surface area contributed by atoms with Crippen LogP contribution in [0.2, 0.25) is 0 Å².